The molecule has 2 unspecified atom stereocenters. The van der Waals surface area contributed by atoms with E-state index in [0.29, 0.717) is 18.6 Å². The Balaban J connectivity index is 2.69. The Morgan fingerprint density at radius 3 is 2.05 bits per heavy atom. The van der Waals surface area contributed by atoms with E-state index >= 15 is 0 Å². The number of rotatable bonds is 10. The first-order valence-corrected chi connectivity index (χ1v) is 7.73. The molecule has 0 spiro atoms. The Hall–Kier alpha value is -1.42. The number of hydrogen-bond donors (Lipinski definition) is 1. The van der Waals surface area contributed by atoms with Gasteiger partial charge in [0.15, 0.2) is 0 Å². The second-order valence-corrected chi connectivity index (χ2v) is 5.31. The second kappa shape index (κ2) is 9.50. The van der Waals surface area contributed by atoms with Crippen LogP contribution in [0.3, 0.4) is 0 Å². The molecule has 1 aromatic carbocycles. The maximum atomic E-state index is 5.95. The summed E-state index contributed by atoms with van der Waals surface area (Å²) in [6.45, 7) is 8.29. The SMILES string of the molecule is CCCNC(COc1cc(OC)cc(OC)c1)C(C)CC. The van der Waals surface area contributed by atoms with Crippen LogP contribution in [0.1, 0.15) is 33.6 Å². The Bertz CT molecular complexity index is 387. The molecule has 0 saturated carbocycles. The maximum absolute atomic E-state index is 5.95. The molecular formula is C17H29NO3. The van der Waals surface area contributed by atoms with E-state index < -0.39 is 0 Å². The van der Waals surface area contributed by atoms with Crippen LogP contribution in [-0.2, 0) is 0 Å². The number of benzene rings is 1. The molecular weight excluding hydrogens is 266 g/mol. The smallest absolute Gasteiger partial charge is 0.126 e. The average Bonchev–Trinajstić information content (AvgIpc) is 2.53. The first kappa shape index (κ1) is 17.6. The molecule has 0 amide bonds. The molecule has 120 valence electrons. The molecule has 4 nitrogen and oxygen atoms in total. The molecule has 1 N–H and O–H groups in total. The van der Waals surface area contributed by atoms with Gasteiger partial charge in [-0.25, -0.2) is 0 Å². The van der Waals surface area contributed by atoms with Crippen LogP contribution in [0.2, 0.25) is 0 Å². The molecule has 0 aliphatic carbocycles. The molecule has 21 heavy (non-hydrogen) atoms. The molecule has 0 aliphatic heterocycles. The highest BCUT2D eigenvalue weighted by molar-refractivity contribution is 5.42. The Labute approximate surface area is 128 Å². The minimum absolute atomic E-state index is 0.354. The maximum Gasteiger partial charge on any atom is 0.126 e. The molecule has 0 fully saturated rings. The number of nitrogens with one attached hydrogen (secondary N) is 1. The van der Waals surface area contributed by atoms with Crippen LogP contribution in [0.15, 0.2) is 18.2 Å². The van der Waals surface area contributed by atoms with Crippen LogP contribution in [0.5, 0.6) is 17.2 Å². The molecule has 1 rings (SSSR count). The Morgan fingerprint density at radius 2 is 1.57 bits per heavy atom. The van der Waals surface area contributed by atoms with Crippen LogP contribution < -0.4 is 19.5 Å². The highest BCUT2D eigenvalue weighted by Gasteiger charge is 2.16. The predicted octanol–water partition coefficient (Wildman–Crippen LogP) is 3.50. The molecule has 1 aromatic rings. The van der Waals surface area contributed by atoms with Crippen LogP contribution in [0, 0.1) is 5.92 Å². The monoisotopic (exact) mass is 295 g/mol. The summed E-state index contributed by atoms with van der Waals surface area (Å²) < 4.78 is 16.5. The van der Waals surface area contributed by atoms with Gasteiger partial charge in [0, 0.05) is 24.2 Å². The van der Waals surface area contributed by atoms with Crippen molar-refractivity contribution >= 4 is 0 Å². The van der Waals surface area contributed by atoms with Crippen molar-refractivity contribution in [1.82, 2.24) is 5.32 Å². The van der Waals surface area contributed by atoms with Gasteiger partial charge >= 0.3 is 0 Å². The van der Waals surface area contributed by atoms with E-state index in [0.717, 1.165) is 36.6 Å². The molecule has 0 aliphatic rings. The summed E-state index contributed by atoms with van der Waals surface area (Å²) in [4.78, 5) is 0. The summed E-state index contributed by atoms with van der Waals surface area (Å²) in [5.74, 6) is 2.83. The van der Waals surface area contributed by atoms with Crippen molar-refractivity contribution in [2.45, 2.75) is 39.7 Å². The van der Waals surface area contributed by atoms with Gasteiger partial charge < -0.3 is 19.5 Å². The third-order valence-corrected chi connectivity index (χ3v) is 3.74. The van der Waals surface area contributed by atoms with Gasteiger partial charge in [-0.1, -0.05) is 27.2 Å². The predicted molar refractivity (Wildman–Crippen MR) is 86.6 cm³/mol. The Morgan fingerprint density at radius 1 is 1.00 bits per heavy atom. The van der Waals surface area contributed by atoms with E-state index in [1.165, 1.54) is 0 Å². The molecule has 0 radical (unpaired) electrons. The van der Waals surface area contributed by atoms with Gasteiger partial charge in [-0.3, -0.25) is 0 Å². The van der Waals surface area contributed by atoms with Crippen molar-refractivity contribution in [2.24, 2.45) is 5.92 Å². The summed E-state index contributed by atoms with van der Waals surface area (Å²) in [5, 5.41) is 3.56. The summed E-state index contributed by atoms with van der Waals surface area (Å²) in [6.07, 6.45) is 2.26. The lowest BCUT2D eigenvalue weighted by Gasteiger charge is -2.24. The summed E-state index contributed by atoms with van der Waals surface area (Å²) in [5.41, 5.74) is 0. The van der Waals surface area contributed by atoms with Crippen LogP contribution in [0.25, 0.3) is 0 Å². The van der Waals surface area contributed by atoms with Crippen LogP contribution in [0.4, 0.5) is 0 Å². The molecule has 2 atom stereocenters. The quantitative estimate of drug-likeness (QED) is 0.717. The van der Waals surface area contributed by atoms with E-state index in [-0.39, 0.29) is 0 Å². The summed E-state index contributed by atoms with van der Waals surface area (Å²) in [6, 6.07) is 5.97. The lowest BCUT2D eigenvalue weighted by Crippen LogP contribution is -2.40. The van der Waals surface area contributed by atoms with Gasteiger partial charge in [-0.05, 0) is 18.9 Å². The highest BCUT2D eigenvalue weighted by Crippen LogP contribution is 2.27. The minimum Gasteiger partial charge on any atom is -0.496 e. The third-order valence-electron chi connectivity index (χ3n) is 3.74. The third kappa shape index (κ3) is 5.84. The minimum atomic E-state index is 0.354. The van der Waals surface area contributed by atoms with E-state index in [1.54, 1.807) is 14.2 Å². The largest absolute Gasteiger partial charge is 0.496 e. The zero-order valence-corrected chi connectivity index (χ0v) is 13.9. The normalized spacial score (nSPS) is 13.6. The summed E-state index contributed by atoms with van der Waals surface area (Å²) >= 11 is 0. The molecule has 4 heteroatoms. The van der Waals surface area contributed by atoms with Gasteiger partial charge in [0.25, 0.3) is 0 Å². The van der Waals surface area contributed by atoms with Crippen molar-refractivity contribution in [3.63, 3.8) is 0 Å². The van der Waals surface area contributed by atoms with Crippen molar-refractivity contribution < 1.29 is 14.2 Å². The lowest BCUT2D eigenvalue weighted by molar-refractivity contribution is 0.219. The average molecular weight is 295 g/mol. The number of ether oxygens (including phenoxy) is 3. The fourth-order valence-electron chi connectivity index (χ4n) is 2.09. The first-order valence-electron chi connectivity index (χ1n) is 7.73. The lowest BCUT2D eigenvalue weighted by atomic mass is 10.00. The van der Waals surface area contributed by atoms with Gasteiger partial charge in [0.1, 0.15) is 23.9 Å². The van der Waals surface area contributed by atoms with E-state index in [2.05, 4.69) is 26.1 Å². The van der Waals surface area contributed by atoms with E-state index in [1.807, 2.05) is 18.2 Å². The number of methoxy groups -OCH3 is 2. The summed E-state index contributed by atoms with van der Waals surface area (Å²) in [7, 11) is 3.28. The van der Waals surface area contributed by atoms with Gasteiger partial charge in [-0.15, -0.1) is 0 Å². The van der Waals surface area contributed by atoms with Crippen molar-refractivity contribution in [3.05, 3.63) is 18.2 Å². The van der Waals surface area contributed by atoms with Gasteiger partial charge in [0.2, 0.25) is 0 Å². The molecule has 0 bridgehead atoms. The number of hydrogen-bond acceptors (Lipinski definition) is 4. The molecule has 0 heterocycles. The molecule has 0 aromatic heterocycles. The highest BCUT2D eigenvalue weighted by atomic mass is 16.5. The van der Waals surface area contributed by atoms with Crippen LogP contribution in [-0.4, -0.2) is 33.4 Å². The zero-order valence-electron chi connectivity index (χ0n) is 13.9. The fraction of sp³-hybridized carbons (Fsp3) is 0.647. The molecule has 0 saturated heterocycles. The first-order chi connectivity index (χ1) is 10.1. The van der Waals surface area contributed by atoms with E-state index in [4.69, 9.17) is 14.2 Å². The zero-order chi connectivity index (χ0) is 15.7. The topological polar surface area (TPSA) is 39.7 Å². The fourth-order valence-corrected chi connectivity index (χ4v) is 2.09. The van der Waals surface area contributed by atoms with Gasteiger partial charge in [-0.2, -0.15) is 0 Å². The van der Waals surface area contributed by atoms with Crippen molar-refractivity contribution in [2.75, 3.05) is 27.4 Å². The van der Waals surface area contributed by atoms with Crippen molar-refractivity contribution in [3.8, 4) is 17.2 Å². The van der Waals surface area contributed by atoms with Gasteiger partial charge in [0.05, 0.1) is 14.2 Å². The standard InChI is InChI=1S/C17H29NO3/c1-6-8-18-17(13(3)7-2)12-21-16-10-14(19-4)9-15(11-16)20-5/h9-11,13,17-18H,6-8,12H2,1-5H3. The van der Waals surface area contributed by atoms with Crippen molar-refractivity contribution in [1.29, 1.82) is 0 Å². The van der Waals surface area contributed by atoms with E-state index in [9.17, 15) is 0 Å². The second-order valence-electron chi connectivity index (χ2n) is 5.31. The van der Waals surface area contributed by atoms with Crippen LogP contribution >= 0.6 is 0 Å². The Kier molecular flexibility index (Phi) is 7.98.